The number of benzene rings is 2. The molecule has 0 saturated heterocycles. The SMILES string of the molecule is CS(=O)(=O)Nc1ccc(C(=O)Nc2ccc(Br)cc2)cc1. The van der Waals surface area contributed by atoms with E-state index in [2.05, 4.69) is 26.0 Å². The van der Waals surface area contributed by atoms with Gasteiger partial charge in [-0.25, -0.2) is 8.42 Å². The first kappa shape index (κ1) is 15.5. The molecule has 0 bridgehead atoms. The maximum absolute atomic E-state index is 12.0. The molecule has 1 amide bonds. The summed E-state index contributed by atoms with van der Waals surface area (Å²) in [6, 6.07) is 13.4. The van der Waals surface area contributed by atoms with Crippen molar-refractivity contribution in [3.63, 3.8) is 0 Å². The lowest BCUT2D eigenvalue weighted by Gasteiger charge is -2.07. The molecule has 2 N–H and O–H groups in total. The Morgan fingerprint density at radius 1 is 0.952 bits per heavy atom. The third-order valence-corrected chi connectivity index (χ3v) is 3.69. The largest absolute Gasteiger partial charge is 0.322 e. The minimum absolute atomic E-state index is 0.261. The van der Waals surface area contributed by atoms with Gasteiger partial charge in [-0.15, -0.1) is 0 Å². The average molecular weight is 369 g/mol. The Morgan fingerprint density at radius 3 is 2.00 bits per heavy atom. The maximum Gasteiger partial charge on any atom is 0.255 e. The van der Waals surface area contributed by atoms with Crippen molar-refractivity contribution in [3.05, 3.63) is 58.6 Å². The third-order valence-electron chi connectivity index (χ3n) is 2.55. The molecule has 0 spiro atoms. The second-order valence-electron chi connectivity index (χ2n) is 4.41. The van der Waals surface area contributed by atoms with Crippen LogP contribution in [0.2, 0.25) is 0 Å². The van der Waals surface area contributed by atoms with Crippen molar-refractivity contribution in [2.75, 3.05) is 16.3 Å². The summed E-state index contributed by atoms with van der Waals surface area (Å²) in [7, 11) is -3.32. The normalized spacial score (nSPS) is 11.0. The van der Waals surface area contributed by atoms with Crippen LogP contribution in [0.4, 0.5) is 11.4 Å². The summed E-state index contributed by atoms with van der Waals surface area (Å²) >= 11 is 3.32. The molecule has 0 atom stereocenters. The highest BCUT2D eigenvalue weighted by atomic mass is 79.9. The monoisotopic (exact) mass is 368 g/mol. The Balaban J connectivity index is 2.08. The molecule has 21 heavy (non-hydrogen) atoms. The van der Waals surface area contributed by atoms with Crippen molar-refractivity contribution >= 4 is 43.2 Å². The van der Waals surface area contributed by atoms with E-state index in [-0.39, 0.29) is 5.91 Å². The summed E-state index contributed by atoms with van der Waals surface area (Å²) in [5.74, 6) is -0.261. The van der Waals surface area contributed by atoms with Gasteiger partial charge >= 0.3 is 0 Å². The second-order valence-corrected chi connectivity index (χ2v) is 7.08. The molecule has 7 heteroatoms. The highest BCUT2D eigenvalue weighted by Gasteiger charge is 2.07. The van der Waals surface area contributed by atoms with Gasteiger partial charge in [0.25, 0.3) is 5.91 Å². The summed E-state index contributed by atoms with van der Waals surface area (Å²) < 4.78 is 25.5. The van der Waals surface area contributed by atoms with Gasteiger partial charge in [-0.05, 0) is 48.5 Å². The molecule has 0 heterocycles. The van der Waals surface area contributed by atoms with Crippen molar-refractivity contribution in [3.8, 4) is 0 Å². The fourth-order valence-electron chi connectivity index (χ4n) is 1.64. The second kappa shape index (κ2) is 6.28. The number of nitrogens with one attached hydrogen (secondary N) is 2. The molecule has 0 fully saturated rings. The van der Waals surface area contributed by atoms with Gasteiger partial charge in [-0.1, -0.05) is 15.9 Å². The predicted octanol–water partition coefficient (Wildman–Crippen LogP) is 3.07. The number of hydrogen-bond donors (Lipinski definition) is 2. The lowest BCUT2D eigenvalue weighted by Crippen LogP contribution is -2.12. The summed E-state index contributed by atoms with van der Waals surface area (Å²) in [6.45, 7) is 0. The van der Waals surface area contributed by atoms with E-state index in [1.807, 2.05) is 12.1 Å². The Hall–Kier alpha value is -1.86. The zero-order chi connectivity index (χ0) is 15.5. The standard InChI is InChI=1S/C14H13BrN2O3S/c1-21(19,20)17-13-6-2-10(3-7-13)14(18)16-12-8-4-11(15)5-9-12/h2-9,17H,1H3,(H,16,18). The Labute approximate surface area is 131 Å². The predicted molar refractivity (Wildman–Crippen MR) is 87.0 cm³/mol. The van der Waals surface area contributed by atoms with E-state index in [0.29, 0.717) is 16.9 Å². The molecule has 0 saturated carbocycles. The maximum atomic E-state index is 12.0. The average Bonchev–Trinajstić information content (AvgIpc) is 2.40. The van der Waals surface area contributed by atoms with Gasteiger partial charge in [0, 0.05) is 21.4 Å². The molecule has 0 aromatic heterocycles. The van der Waals surface area contributed by atoms with E-state index >= 15 is 0 Å². The van der Waals surface area contributed by atoms with Crippen molar-refractivity contribution in [1.82, 2.24) is 0 Å². The molecule has 0 radical (unpaired) electrons. The Bertz CT molecular complexity index is 741. The van der Waals surface area contributed by atoms with Crippen LogP contribution in [-0.2, 0) is 10.0 Å². The van der Waals surface area contributed by atoms with Gasteiger partial charge in [-0.3, -0.25) is 9.52 Å². The molecule has 2 aromatic rings. The molecule has 0 unspecified atom stereocenters. The molecule has 5 nitrogen and oxygen atoms in total. The first-order valence-electron chi connectivity index (χ1n) is 5.98. The molecular weight excluding hydrogens is 356 g/mol. The van der Waals surface area contributed by atoms with Crippen LogP contribution >= 0.6 is 15.9 Å². The fourth-order valence-corrected chi connectivity index (χ4v) is 2.47. The van der Waals surface area contributed by atoms with Crippen LogP contribution in [-0.4, -0.2) is 20.6 Å². The zero-order valence-electron chi connectivity index (χ0n) is 11.1. The lowest BCUT2D eigenvalue weighted by atomic mass is 10.2. The van der Waals surface area contributed by atoms with Gasteiger partial charge in [0.1, 0.15) is 0 Å². The summed E-state index contributed by atoms with van der Waals surface area (Å²) in [5.41, 5.74) is 1.54. The van der Waals surface area contributed by atoms with Crippen LogP contribution in [0.25, 0.3) is 0 Å². The number of halogens is 1. The fraction of sp³-hybridized carbons (Fsp3) is 0.0714. The molecule has 110 valence electrons. The van der Waals surface area contributed by atoms with Gasteiger partial charge in [0.05, 0.1) is 6.26 Å². The number of sulfonamides is 1. The Morgan fingerprint density at radius 2 is 1.48 bits per heavy atom. The lowest BCUT2D eigenvalue weighted by molar-refractivity contribution is 0.102. The molecule has 0 aliphatic carbocycles. The highest BCUT2D eigenvalue weighted by Crippen LogP contribution is 2.16. The summed E-state index contributed by atoms with van der Waals surface area (Å²) in [6.07, 6.45) is 1.07. The molecule has 2 aromatic carbocycles. The summed E-state index contributed by atoms with van der Waals surface area (Å²) in [4.78, 5) is 12.0. The third kappa shape index (κ3) is 4.87. The number of amides is 1. The van der Waals surface area contributed by atoms with Gasteiger partial charge in [0.15, 0.2) is 0 Å². The topological polar surface area (TPSA) is 75.3 Å². The van der Waals surface area contributed by atoms with Crippen LogP contribution in [0.3, 0.4) is 0 Å². The highest BCUT2D eigenvalue weighted by molar-refractivity contribution is 9.10. The van der Waals surface area contributed by atoms with E-state index in [1.54, 1.807) is 24.3 Å². The molecule has 0 aliphatic heterocycles. The van der Waals surface area contributed by atoms with Gasteiger partial charge in [-0.2, -0.15) is 0 Å². The van der Waals surface area contributed by atoms with E-state index in [0.717, 1.165) is 10.7 Å². The first-order valence-corrected chi connectivity index (χ1v) is 8.67. The van der Waals surface area contributed by atoms with E-state index < -0.39 is 10.0 Å². The smallest absolute Gasteiger partial charge is 0.255 e. The first-order chi connectivity index (χ1) is 9.83. The number of rotatable bonds is 4. The number of carbonyl (C=O) groups is 1. The van der Waals surface area contributed by atoms with Crippen molar-refractivity contribution in [2.24, 2.45) is 0 Å². The van der Waals surface area contributed by atoms with E-state index in [1.165, 1.54) is 12.1 Å². The minimum Gasteiger partial charge on any atom is -0.322 e. The van der Waals surface area contributed by atoms with E-state index in [4.69, 9.17) is 0 Å². The van der Waals surface area contributed by atoms with Gasteiger partial charge < -0.3 is 5.32 Å². The van der Waals surface area contributed by atoms with Crippen LogP contribution in [0.5, 0.6) is 0 Å². The minimum atomic E-state index is -3.32. The van der Waals surface area contributed by atoms with Gasteiger partial charge in [0.2, 0.25) is 10.0 Å². The van der Waals surface area contributed by atoms with E-state index in [9.17, 15) is 13.2 Å². The van der Waals surface area contributed by atoms with Crippen molar-refractivity contribution < 1.29 is 13.2 Å². The summed E-state index contributed by atoms with van der Waals surface area (Å²) in [5, 5.41) is 2.75. The van der Waals surface area contributed by atoms with Crippen LogP contribution in [0, 0.1) is 0 Å². The number of anilines is 2. The number of carbonyl (C=O) groups excluding carboxylic acids is 1. The zero-order valence-corrected chi connectivity index (χ0v) is 13.5. The van der Waals surface area contributed by atoms with Crippen LogP contribution in [0.1, 0.15) is 10.4 Å². The van der Waals surface area contributed by atoms with Crippen LogP contribution < -0.4 is 10.0 Å². The molecule has 2 rings (SSSR count). The van der Waals surface area contributed by atoms with Crippen molar-refractivity contribution in [2.45, 2.75) is 0 Å². The quantitative estimate of drug-likeness (QED) is 0.870. The Kier molecular flexibility index (Phi) is 4.64. The molecule has 0 aliphatic rings. The number of hydrogen-bond acceptors (Lipinski definition) is 3. The van der Waals surface area contributed by atoms with Crippen LogP contribution in [0.15, 0.2) is 53.0 Å². The molecular formula is C14H13BrN2O3S. The van der Waals surface area contributed by atoms with Crippen molar-refractivity contribution in [1.29, 1.82) is 0 Å².